The molecule has 0 unspecified atom stereocenters. The van der Waals surface area contributed by atoms with Crippen LogP contribution in [0.25, 0.3) is 0 Å². The Morgan fingerprint density at radius 3 is 2.36 bits per heavy atom. The predicted octanol–water partition coefficient (Wildman–Crippen LogP) is 2.28. The fourth-order valence-corrected chi connectivity index (χ4v) is 7.68. The van der Waals surface area contributed by atoms with Crippen LogP contribution in [0.1, 0.15) is 60.3 Å². The number of phosphoric acid groups is 1. The van der Waals surface area contributed by atoms with Crippen molar-refractivity contribution in [2.45, 2.75) is 77.7 Å². The molecule has 3 saturated carbocycles. The number of hydrogen-bond donors (Lipinski definition) is 4. The SMILES string of the molecule is CC.C[C@@H]1C[C@H]2[C@@H]3CCC4=CC(=O)C=C[C@]4(C)[C@@]3(F)[C@@H](O)C[C@]2(C)[C@@]1(O)C(=O)COP(=O)(O)O.[Na].[Na]. The van der Waals surface area contributed by atoms with Crippen LogP contribution in [0.2, 0.25) is 0 Å². The zero-order chi connectivity index (χ0) is 25.9. The summed E-state index contributed by atoms with van der Waals surface area (Å²) in [6.45, 7) is 8.00. The van der Waals surface area contributed by atoms with Crippen LogP contribution in [-0.2, 0) is 18.7 Å². The van der Waals surface area contributed by atoms with E-state index in [0.29, 0.717) is 24.8 Å². The van der Waals surface area contributed by atoms with Crippen molar-refractivity contribution in [1.29, 1.82) is 0 Å². The van der Waals surface area contributed by atoms with E-state index in [0.717, 1.165) is 0 Å². The van der Waals surface area contributed by atoms with Crippen molar-refractivity contribution in [2.75, 3.05) is 6.61 Å². The Labute approximate surface area is 256 Å². The molecule has 12 heteroatoms. The van der Waals surface area contributed by atoms with E-state index in [1.54, 1.807) is 20.8 Å². The molecule has 0 aliphatic heterocycles. The van der Waals surface area contributed by atoms with Gasteiger partial charge in [-0.1, -0.05) is 39.3 Å². The number of phosphoric ester groups is 1. The van der Waals surface area contributed by atoms with Gasteiger partial charge in [-0.25, -0.2) is 8.96 Å². The number of ketones is 2. The van der Waals surface area contributed by atoms with E-state index in [4.69, 9.17) is 9.79 Å². The number of aliphatic hydroxyl groups is 2. The molecule has 0 bridgehead atoms. The van der Waals surface area contributed by atoms with Crippen LogP contribution in [0.15, 0.2) is 23.8 Å². The van der Waals surface area contributed by atoms with Crippen LogP contribution >= 0.6 is 7.82 Å². The number of aliphatic hydroxyl groups excluding tert-OH is 1. The molecule has 4 aliphatic carbocycles. The van der Waals surface area contributed by atoms with Gasteiger partial charge in [-0.2, -0.15) is 0 Å². The van der Waals surface area contributed by atoms with Gasteiger partial charge in [0.15, 0.2) is 17.2 Å². The Balaban J connectivity index is 0.00000158. The Kier molecular flexibility index (Phi) is 11.3. The van der Waals surface area contributed by atoms with Gasteiger partial charge in [0.2, 0.25) is 0 Å². The molecule has 0 aromatic carbocycles. The summed E-state index contributed by atoms with van der Waals surface area (Å²) in [5, 5.41) is 22.8. The van der Waals surface area contributed by atoms with Gasteiger partial charge < -0.3 is 20.0 Å². The van der Waals surface area contributed by atoms with Crippen molar-refractivity contribution in [3.05, 3.63) is 23.8 Å². The zero-order valence-electron chi connectivity index (χ0n) is 22.3. The Morgan fingerprint density at radius 2 is 1.81 bits per heavy atom. The molecular formula is C24H36FNa2O8P. The second-order valence-corrected chi connectivity index (χ2v) is 11.6. The molecule has 4 aliphatic rings. The minimum absolute atomic E-state index is 0. The maximum atomic E-state index is 17.0. The summed E-state index contributed by atoms with van der Waals surface area (Å²) in [7, 11) is -4.93. The molecule has 0 aromatic rings. The summed E-state index contributed by atoms with van der Waals surface area (Å²) >= 11 is 0. The third kappa shape index (κ3) is 5.04. The molecule has 8 nitrogen and oxygen atoms in total. The molecule has 2 radical (unpaired) electrons. The molecule has 0 saturated heterocycles. The first-order valence-corrected chi connectivity index (χ1v) is 13.4. The molecule has 3 fully saturated rings. The van der Waals surface area contributed by atoms with Gasteiger partial charge >= 0.3 is 7.82 Å². The van der Waals surface area contributed by atoms with Gasteiger partial charge in [-0.3, -0.25) is 14.1 Å². The summed E-state index contributed by atoms with van der Waals surface area (Å²) in [5.74, 6) is -2.87. The molecular weight excluding hydrogens is 512 g/mol. The molecule has 8 atom stereocenters. The number of halogens is 1. The first-order valence-electron chi connectivity index (χ1n) is 11.9. The standard InChI is InChI=1S/C22H30FO8P.C2H6.2Na/c1-12-8-16-15-5-4-13-9-14(24)6-7-19(13,2)21(15,23)17(25)10-20(16,3)22(12,27)18(26)11-31-32(28,29)30;1-2;;/h6-7,9,12,15-17,25,27H,4-5,8,10-11H2,1-3H3,(H2,28,29,30);1-2H3;;/t12-,15+,16+,17+,19+,20+,21+,22+;;;/m1.../s1. The normalized spacial score (nSPS) is 42.8. The fourth-order valence-electron chi connectivity index (χ4n) is 7.39. The molecule has 36 heavy (non-hydrogen) atoms. The van der Waals surface area contributed by atoms with Gasteiger partial charge in [-0.05, 0) is 56.6 Å². The van der Waals surface area contributed by atoms with Gasteiger partial charge in [0.25, 0.3) is 0 Å². The van der Waals surface area contributed by atoms with Gasteiger partial charge in [0, 0.05) is 75.9 Å². The number of carbonyl (C=O) groups excluding carboxylic acids is 2. The van der Waals surface area contributed by atoms with E-state index >= 15 is 4.39 Å². The second kappa shape index (κ2) is 11.7. The second-order valence-electron chi connectivity index (χ2n) is 10.4. The molecule has 0 spiro atoms. The van der Waals surface area contributed by atoms with Crippen LogP contribution in [-0.4, -0.2) is 115 Å². The molecule has 0 amide bonds. The first kappa shape index (κ1) is 34.8. The quantitative estimate of drug-likeness (QED) is 0.310. The van der Waals surface area contributed by atoms with E-state index in [2.05, 4.69) is 4.52 Å². The van der Waals surface area contributed by atoms with Crippen LogP contribution in [0.3, 0.4) is 0 Å². The van der Waals surface area contributed by atoms with E-state index in [-0.39, 0.29) is 71.3 Å². The average Bonchev–Trinajstić information content (AvgIpc) is 2.96. The topological polar surface area (TPSA) is 141 Å². The van der Waals surface area contributed by atoms with E-state index in [9.17, 15) is 24.4 Å². The van der Waals surface area contributed by atoms with Crippen LogP contribution in [0.5, 0.6) is 0 Å². The number of alkyl halides is 1. The maximum absolute atomic E-state index is 17.0. The molecule has 194 valence electrons. The number of carbonyl (C=O) groups is 2. The van der Waals surface area contributed by atoms with E-state index in [1.807, 2.05) is 13.8 Å². The fraction of sp³-hybridized carbons (Fsp3) is 0.750. The minimum Gasteiger partial charge on any atom is -0.390 e. The van der Waals surface area contributed by atoms with E-state index in [1.165, 1.54) is 18.2 Å². The Morgan fingerprint density at radius 1 is 1.22 bits per heavy atom. The Hall–Kier alpha value is 0.780. The van der Waals surface area contributed by atoms with Gasteiger partial charge in [0.05, 0.1) is 6.10 Å². The van der Waals surface area contributed by atoms with Crippen LogP contribution in [0.4, 0.5) is 4.39 Å². The summed E-state index contributed by atoms with van der Waals surface area (Å²) in [6.07, 6.45) is 3.70. The van der Waals surface area contributed by atoms with Crippen molar-refractivity contribution in [2.24, 2.45) is 28.6 Å². The third-order valence-electron chi connectivity index (χ3n) is 9.01. The summed E-state index contributed by atoms with van der Waals surface area (Å²) in [5.41, 5.74) is -5.88. The number of allylic oxidation sites excluding steroid dienone is 4. The van der Waals surface area contributed by atoms with Crippen LogP contribution < -0.4 is 0 Å². The number of fused-ring (bicyclic) bond motifs is 5. The summed E-state index contributed by atoms with van der Waals surface area (Å²) in [6, 6.07) is 0. The van der Waals surface area contributed by atoms with E-state index < -0.39 is 66.2 Å². The van der Waals surface area contributed by atoms with Crippen LogP contribution in [0, 0.1) is 28.6 Å². The minimum atomic E-state index is -4.93. The van der Waals surface area contributed by atoms with Gasteiger partial charge in [-0.15, -0.1) is 0 Å². The van der Waals surface area contributed by atoms with Crippen molar-refractivity contribution in [3.8, 4) is 0 Å². The number of Topliss-reactive ketones (excluding diaryl/α,β-unsaturated/α-hetero) is 1. The number of hydrogen-bond acceptors (Lipinski definition) is 6. The summed E-state index contributed by atoms with van der Waals surface area (Å²) in [4.78, 5) is 42.8. The third-order valence-corrected chi connectivity index (χ3v) is 9.48. The predicted molar refractivity (Wildman–Crippen MR) is 134 cm³/mol. The smallest absolute Gasteiger partial charge is 0.390 e. The maximum Gasteiger partial charge on any atom is 0.470 e. The van der Waals surface area contributed by atoms with Crippen molar-refractivity contribution >= 4 is 78.5 Å². The Bertz CT molecular complexity index is 985. The van der Waals surface area contributed by atoms with Crippen molar-refractivity contribution in [1.82, 2.24) is 0 Å². The first-order chi connectivity index (χ1) is 15.6. The molecule has 0 heterocycles. The van der Waals surface area contributed by atoms with Crippen molar-refractivity contribution in [3.63, 3.8) is 0 Å². The molecule has 4 rings (SSSR count). The average molecular weight is 548 g/mol. The monoisotopic (exact) mass is 548 g/mol. The van der Waals surface area contributed by atoms with Crippen molar-refractivity contribution < 1.29 is 43.1 Å². The molecule has 4 N–H and O–H groups in total. The largest absolute Gasteiger partial charge is 0.470 e. The van der Waals surface area contributed by atoms with Gasteiger partial charge in [0.1, 0.15) is 12.2 Å². The summed E-state index contributed by atoms with van der Waals surface area (Å²) < 4.78 is 32.5. The zero-order valence-corrected chi connectivity index (χ0v) is 27.2. The molecule has 0 aromatic heterocycles. The number of rotatable bonds is 4.